The first-order chi connectivity index (χ1) is 10.2. The molecule has 0 bridgehead atoms. The fraction of sp³-hybridized carbons (Fsp3) is 0.846. The van der Waals surface area contributed by atoms with Crippen molar-refractivity contribution in [1.82, 2.24) is 10.6 Å². The van der Waals surface area contributed by atoms with E-state index in [0.717, 1.165) is 12.8 Å². The van der Waals surface area contributed by atoms with Crippen LogP contribution in [0.15, 0.2) is 0 Å². The topological polar surface area (TPSA) is 112 Å². The number of nitrogens with two attached hydrogens (primary N) is 1. The van der Waals surface area contributed by atoms with Crippen molar-refractivity contribution in [3.63, 3.8) is 0 Å². The summed E-state index contributed by atoms with van der Waals surface area (Å²) in [5, 5.41) is 5.15. The Balaban J connectivity index is 3.31. The van der Waals surface area contributed by atoms with Crippen molar-refractivity contribution in [1.29, 1.82) is 0 Å². The van der Waals surface area contributed by atoms with E-state index >= 15 is 0 Å². The van der Waals surface area contributed by atoms with Crippen molar-refractivity contribution in [2.45, 2.75) is 19.8 Å². The largest absolute Gasteiger partial charge is 0.450 e. The van der Waals surface area contributed by atoms with Crippen LogP contribution in [0.3, 0.4) is 0 Å². The number of alkyl carbamates (subject to hydrolysis) is 1. The highest BCUT2D eigenvalue weighted by atomic mass is 16.5. The molecule has 21 heavy (non-hydrogen) atoms. The molecule has 0 aromatic carbocycles. The number of nitrogens with one attached hydrogen (secondary N) is 2. The molecule has 0 aliphatic rings. The average molecular weight is 305 g/mol. The summed E-state index contributed by atoms with van der Waals surface area (Å²) in [5.41, 5.74) is 5.25. The molecule has 0 saturated carbocycles. The highest BCUT2D eigenvalue weighted by Gasteiger charge is 2.03. The Labute approximate surface area is 125 Å². The monoisotopic (exact) mass is 305 g/mol. The molecule has 0 aliphatic carbocycles. The first kappa shape index (κ1) is 19.6. The van der Waals surface area contributed by atoms with Crippen molar-refractivity contribution in [2.75, 3.05) is 52.7 Å². The molecule has 2 amide bonds. The van der Waals surface area contributed by atoms with E-state index in [0.29, 0.717) is 46.1 Å². The molecule has 0 radical (unpaired) electrons. The van der Waals surface area contributed by atoms with E-state index < -0.39 is 6.09 Å². The molecule has 0 atom stereocenters. The van der Waals surface area contributed by atoms with Crippen molar-refractivity contribution in [2.24, 2.45) is 5.73 Å². The zero-order valence-electron chi connectivity index (χ0n) is 12.7. The summed E-state index contributed by atoms with van der Waals surface area (Å²) < 4.78 is 15.1. The molecule has 0 aliphatic heterocycles. The lowest BCUT2D eigenvalue weighted by Crippen LogP contribution is -2.36. The minimum atomic E-state index is -0.467. The molecule has 0 rings (SSSR count). The summed E-state index contributed by atoms with van der Waals surface area (Å²) in [6, 6.07) is 0. The molecule has 8 nitrogen and oxygen atoms in total. The van der Waals surface area contributed by atoms with Crippen LogP contribution in [0.5, 0.6) is 0 Å². The van der Waals surface area contributed by atoms with E-state index in [1.807, 2.05) is 6.92 Å². The zero-order chi connectivity index (χ0) is 15.8. The number of carbonyl (C=O) groups is 2. The summed E-state index contributed by atoms with van der Waals surface area (Å²) in [7, 11) is 0. The van der Waals surface area contributed by atoms with Crippen LogP contribution in [0, 0.1) is 0 Å². The SMILES string of the molecule is CCCCOC(=O)NCCNC(=O)COCCOCCN. The third-order valence-electron chi connectivity index (χ3n) is 2.31. The van der Waals surface area contributed by atoms with Gasteiger partial charge in [-0.2, -0.15) is 0 Å². The first-order valence-corrected chi connectivity index (χ1v) is 7.23. The van der Waals surface area contributed by atoms with E-state index in [-0.39, 0.29) is 12.5 Å². The summed E-state index contributed by atoms with van der Waals surface area (Å²) in [6.45, 7) is 4.74. The second kappa shape index (κ2) is 15.0. The number of hydrogen-bond acceptors (Lipinski definition) is 6. The quantitative estimate of drug-likeness (QED) is 0.400. The van der Waals surface area contributed by atoms with Crippen molar-refractivity contribution in [3.8, 4) is 0 Å². The highest BCUT2D eigenvalue weighted by Crippen LogP contribution is 1.87. The minimum Gasteiger partial charge on any atom is -0.450 e. The number of rotatable bonds is 13. The van der Waals surface area contributed by atoms with E-state index in [1.165, 1.54) is 0 Å². The van der Waals surface area contributed by atoms with Gasteiger partial charge < -0.3 is 30.6 Å². The zero-order valence-corrected chi connectivity index (χ0v) is 12.7. The van der Waals surface area contributed by atoms with Crippen LogP contribution in [-0.4, -0.2) is 64.7 Å². The number of ether oxygens (including phenoxy) is 3. The molecular formula is C13H27N3O5. The Morgan fingerprint density at radius 2 is 1.71 bits per heavy atom. The van der Waals surface area contributed by atoms with E-state index in [4.69, 9.17) is 19.9 Å². The molecule has 124 valence electrons. The normalized spacial score (nSPS) is 10.2. The van der Waals surface area contributed by atoms with Crippen LogP contribution in [0.2, 0.25) is 0 Å². The number of unbranched alkanes of at least 4 members (excludes halogenated alkanes) is 1. The van der Waals surface area contributed by atoms with Gasteiger partial charge in [-0.15, -0.1) is 0 Å². The molecule has 0 fully saturated rings. The Bertz CT molecular complexity index is 277. The van der Waals surface area contributed by atoms with Crippen molar-refractivity contribution >= 4 is 12.0 Å². The van der Waals surface area contributed by atoms with E-state index in [9.17, 15) is 9.59 Å². The molecule has 0 aromatic rings. The van der Waals surface area contributed by atoms with Gasteiger partial charge in [0.05, 0.1) is 26.4 Å². The Morgan fingerprint density at radius 1 is 1.00 bits per heavy atom. The predicted octanol–water partition coefficient (Wildman–Crippen LogP) is -0.379. The standard InChI is InChI=1S/C13H27N3O5/c1-2-3-7-21-13(18)16-6-5-15-12(17)11-20-10-9-19-8-4-14/h2-11,14H2,1H3,(H,15,17)(H,16,18). The van der Waals surface area contributed by atoms with Gasteiger partial charge in [-0.1, -0.05) is 13.3 Å². The third kappa shape index (κ3) is 14.8. The van der Waals surface area contributed by atoms with Gasteiger partial charge in [-0.05, 0) is 6.42 Å². The van der Waals surface area contributed by atoms with Gasteiger partial charge in [0, 0.05) is 19.6 Å². The summed E-state index contributed by atoms with van der Waals surface area (Å²) >= 11 is 0. The summed E-state index contributed by atoms with van der Waals surface area (Å²) in [5.74, 6) is -0.241. The lowest BCUT2D eigenvalue weighted by Gasteiger charge is -2.08. The van der Waals surface area contributed by atoms with E-state index in [1.54, 1.807) is 0 Å². The van der Waals surface area contributed by atoms with Crippen LogP contribution in [-0.2, 0) is 19.0 Å². The van der Waals surface area contributed by atoms with Crippen LogP contribution < -0.4 is 16.4 Å². The number of hydrogen-bond donors (Lipinski definition) is 3. The number of carbonyl (C=O) groups excluding carboxylic acids is 2. The first-order valence-electron chi connectivity index (χ1n) is 7.23. The maximum atomic E-state index is 11.3. The smallest absolute Gasteiger partial charge is 0.407 e. The molecule has 4 N–H and O–H groups in total. The Morgan fingerprint density at radius 3 is 2.43 bits per heavy atom. The Kier molecular flexibility index (Phi) is 14.0. The molecule has 0 aromatic heterocycles. The van der Waals surface area contributed by atoms with Crippen molar-refractivity contribution in [3.05, 3.63) is 0 Å². The van der Waals surface area contributed by atoms with Gasteiger partial charge in [-0.3, -0.25) is 4.79 Å². The van der Waals surface area contributed by atoms with Gasteiger partial charge >= 0.3 is 6.09 Å². The molecule has 0 unspecified atom stereocenters. The molecule has 0 heterocycles. The maximum absolute atomic E-state index is 11.3. The summed E-state index contributed by atoms with van der Waals surface area (Å²) in [4.78, 5) is 22.5. The summed E-state index contributed by atoms with van der Waals surface area (Å²) in [6.07, 6.45) is 1.35. The second-order valence-corrected chi connectivity index (χ2v) is 4.22. The average Bonchev–Trinajstić information content (AvgIpc) is 2.47. The molecule has 0 spiro atoms. The lowest BCUT2D eigenvalue weighted by atomic mass is 10.4. The predicted molar refractivity (Wildman–Crippen MR) is 78.0 cm³/mol. The second-order valence-electron chi connectivity index (χ2n) is 4.22. The van der Waals surface area contributed by atoms with Crippen LogP contribution in [0.4, 0.5) is 4.79 Å². The molecular weight excluding hydrogens is 278 g/mol. The van der Waals surface area contributed by atoms with Crippen LogP contribution >= 0.6 is 0 Å². The highest BCUT2D eigenvalue weighted by molar-refractivity contribution is 5.77. The van der Waals surface area contributed by atoms with Gasteiger partial charge in [-0.25, -0.2) is 4.79 Å². The lowest BCUT2D eigenvalue weighted by molar-refractivity contribution is -0.126. The molecule has 8 heteroatoms. The van der Waals surface area contributed by atoms with Gasteiger partial charge in [0.2, 0.25) is 5.91 Å². The van der Waals surface area contributed by atoms with Gasteiger partial charge in [0.1, 0.15) is 6.61 Å². The van der Waals surface area contributed by atoms with E-state index in [2.05, 4.69) is 10.6 Å². The maximum Gasteiger partial charge on any atom is 0.407 e. The van der Waals surface area contributed by atoms with Gasteiger partial charge in [0.25, 0.3) is 0 Å². The van der Waals surface area contributed by atoms with Crippen LogP contribution in [0.25, 0.3) is 0 Å². The van der Waals surface area contributed by atoms with Gasteiger partial charge in [0.15, 0.2) is 0 Å². The number of amides is 2. The third-order valence-corrected chi connectivity index (χ3v) is 2.31. The minimum absolute atomic E-state index is 0.0348. The fourth-order valence-corrected chi connectivity index (χ4v) is 1.25. The van der Waals surface area contributed by atoms with Crippen LogP contribution in [0.1, 0.15) is 19.8 Å². The van der Waals surface area contributed by atoms with Crippen molar-refractivity contribution < 1.29 is 23.8 Å². The molecule has 0 saturated heterocycles. The Hall–Kier alpha value is -1.38. The fourth-order valence-electron chi connectivity index (χ4n) is 1.25.